The Morgan fingerprint density at radius 1 is 1.19 bits per heavy atom. The first-order chi connectivity index (χ1) is 12.6. The highest BCUT2D eigenvalue weighted by molar-refractivity contribution is 7.92. The first-order valence-electron chi connectivity index (χ1n) is 8.75. The second kappa shape index (κ2) is 8.52. The summed E-state index contributed by atoms with van der Waals surface area (Å²) >= 11 is 0. The number of nitrogens with zero attached hydrogens (tertiary/aromatic N) is 1. The Hall–Kier alpha value is -2.41. The fraction of sp³-hybridized carbons (Fsp3) is 0.350. The number of hydrogen-bond donors (Lipinski definition) is 1. The Kier molecular flexibility index (Phi) is 6.59. The summed E-state index contributed by atoms with van der Waals surface area (Å²) in [5.41, 5.74) is 2.17. The molecule has 0 aliphatic rings. The van der Waals surface area contributed by atoms with Crippen LogP contribution in [0.15, 0.2) is 48.5 Å². The molecule has 7 heteroatoms. The summed E-state index contributed by atoms with van der Waals surface area (Å²) in [6.45, 7) is 5.41. The summed E-state index contributed by atoms with van der Waals surface area (Å²) in [5.74, 6) is -1.02. The fourth-order valence-corrected chi connectivity index (χ4v) is 4.10. The summed E-state index contributed by atoms with van der Waals surface area (Å²) in [6, 6.07) is 11.7. The van der Waals surface area contributed by atoms with Gasteiger partial charge in [-0.3, -0.25) is 9.10 Å². The molecule has 0 bridgehead atoms. The van der Waals surface area contributed by atoms with Gasteiger partial charge < -0.3 is 5.32 Å². The number of nitrogens with one attached hydrogen (secondary N) is 1. The normalized spacial score (nSPS) is 13.7. The molecule has 5 nitrogen and oxygen atoms in total. The van der Waals surface area contributed by atoms with Crippen molar-refractivity contribution in [2.45, 2.75) is 39.3 Å². The number of hydrogen-bond acceptors (Lipinski definition) is 3. The lowest BCUT2D eigenvalue weighted by molar-refractivity contribution is -0.122. The maximum Gasteiger partial charge on any atom is 0.244 e. The summed E-state index contributed by atoms with van der Waals surface area (Å²) in [5, 5.41) is 2.90. The first-order valence-corrected chi connectivity index (χ1v) is 10.6. The Morgan fingerprint density at radius 3 is 2.33 bits per heavy atom. The molecule has 0 saturated heterocycles. The quantitative estimate of drug-likeness (QED) is 0.784. The third-order valence-corrected chi connectivity index (χ3v) is 5.60. The van der Waals surface area contributed by atoms with E-state index in [1.54, 1.807) is 0 Å². The number of anilines is 1. The van der Waals surface area contributed by atoms with Gasteiger partial charge >= 0.3 is 0 Å². The third-order valence-electron chi connectivity index (χ3n) is 4.36. The van der Waals surface area contributed by atoms with E-state index in [1.807, 2.05) is 38.1 Å². The maximum atomic E-state index is 13.6. The van der Waals surface area contributed by atoms with Crippen LogP contribution in [0.4, 0.5) is 10.1 Å². The SMILES string of the molecule is CC[C@@H](NC(=O)[C@H](C)N(c1cccc(F)c1)S(C)(=O)=O)c1ccc(C)cc1. The van der Waals surface area contributed by atoms with Crippen molar-refractivity contribution in [2.75, 3.05) is 10.6 Å². The summed E-state index contributed by atoms with van der Waals surface area (Å²) in [6.07, 6.45) is 1.65. The second-order valence-corrected chi connectivity index (χ2v) is 8.45. The smallest absolute Gasteiger partial charge is 0.244 e. The van der Waals surface area contributed by atoms with Gasteiger partial charge in [0, 0.05) is 0 Å². The van der Waals surface area contributed by atoms with Gasteiger partial charge in [-0.25, -0.2) is 12.8 Å². The van der Waals surface area contributed by atoms with Crippen LogP contribution in [0.25, 0.3) is 0 Å². The van der Waals surface area contributed by atoms with Crippen molar-refractivity contribution in [1.29, 1.82) is 0 Å². The van der Waals surface area contributed by atoms with Gasteiger partial charge in [-0.05, 0) is 44.0 Å². The highest BCUT2D eigenvalue weighted by Crippen LogP contribution is 2.23. The third kappa shape index (κ3) is 5.29. The predicted octanol–water partition coefficient (Wildman–Crippen LogP) is 3.56. The molecule has 2 atom stereocenters. The molecule has 27 heavy (non-hydrogen) atoms. The molecule has 0 aliphatic carbocycles. The molecule has 146 valence electrons. The molecular formula is C20H25FN2O3S. The van der Waals surface area contributed by atoms with Crippen molar-refractivity contribution in [3.05, 3.63) is 65.5 Å². The van der Waals surface area contributed by atoms with E-state index in [-0.39, 0.29) is 11.7 Å². The first kappa shape index (κ1) is 20.9. The van der Waals surface area contributed by atoms with Crippen molar-refractivity contribution < 1.29 is 17.6 Å². The van der Waals surface area contributed by atoms with Crippen LogP contribution in [0.1, 0.15) is 37.4 Å². The van der Waals surface area contributed by atoms with Crippen LogP contribution in [0.2, 0.25) is 0 Å². The second-order valence-electron chi connectivity index (χ2n) is 6.59. The van der Waals surface area contributed by atoms with Crippen LogP contribution in [-0.4, -0.2) is 26.6 Å². The van der Waals surface area contributed by atoms with Gasteiger partial charge in [0.05, 0.1) is 18.0 Å². The van der Waals surface area contributed by atoms with E-state index in [1.165, 1.54) is 25.1 Å². The number of sulfonamides is 1. The van der Waals surface area contributed by atoms with Gasteiger partial charge in [-0.2, -0.15) is 0 Å². The molecule has 0 saturated carbocycles. The van der Waals surface area contributed by atoms with E-state index in [0.717, 1.165) is 27.8 Å². The van der Waals surface area contributed by atoms with E-state index < -0.39 is 27.8 Å². The van der Waals surface area contributed by atoms with Gasteiger partial charge in [0.15, 0.2) is 0 Å². The molecule has 2 aromatic carbocycles. The monoisotopic (exact) mass is 392 g/mol. The van der Waals surface area contributed by atoms with Gasteiger partial charge in [-0.15, -0.1) is 0 Å². The molecule has 1 amide bonds. The van der Waals surface area contributed by atoms with Crippen molar-refractivity contribution in [1.82, 2.24) is 5.32 Å². The number of aryl methyl sites for hydroxylation is 1. The van der Waals surface area contributed by atoms with Gasteiger partial charge in [0.2, 0.25) is 15.9 Å². The highest BCUT2D eigenvalue weighted by Gasteiger charge is 2.30. The number of carbonyl (C=O) groups is 1. The highest BCUT2D eigenvalue weighted by atomic mass is 32.2. The number of carbonyl (C=O) groups excluding carboxylic acids is 1. The Bertz CT molecular complexity index is 898. The molecule has 0 heterocycles. The van der Waals surface area contributed by atoms with Crippen molar-refractivity contribution in [2.24, 2.45) is 0 Å². The number of amides is 1. The molecule has 0 aromatic heterocycles. The maximum absolute atomic E-state index is 13.6. The summed E-state index contributed by atoms with van der Waals surface area (Å²) in [7, 11) is -3.79. The molecule has 0 spiro atoms. The van der Waals surface area contributed by atoms with Gasteiger partial charge in [0.1, 0.15) is 11.9 Å². The lowest BCUT2D eigenvalue weighted by Gasteiger charge is -2.29. The topological polar surface area (TPSA) is 66.5 Å². The largest absolute Gasteiger partial charge is 0.347 e. The van der Waals surface area contributed by atoms with Crippen LogP contribution in [0.3, 0.4) is 0 Å². The molecule has 1 N–H and O–H groups in total. The lowest BCUT2D eigenvalue weighted by atomic mass is 10.0. The number of benzene rings is 2. The number of rotatable bonds is 7. The average Bonchev–Trinajstić information content (AvgIpc) is 2.59. The standard InChI is InChI=1S/C20H25FN2O3S/c1-5-19(16-11-9-14(2)10-12-16)22-20(24)15(3)23(27(4,25)26)18-8-6-7-17(21)13-18/h6-13,15,19H,5H2,1-4H3,(H,22,24)/t15-,19+/m0/s1. The minimum atomic E-state index is -3.79. The van der Waals surface area contributed by atoms with Crippen LogP contribution in [-0.2, 0) is 14.8 Å². The van der Waals surface area contributed by atoms with Gasteiger partial charge in [0.25, 0.3) is 0 Å². The zero-order chi connectivity index (χ0) is 20.2. The van der Waals surface area contributed by atoms with Crippen LogP contribution >= 0.6 is 0 Å². The average molecular weight is 392 g/mol. The molecule has 0 radical (unpaired) electrons. The van der Waals surface area contributed by atoms with E-state index >= 15 is 0 Å². The van der Waals surface area contributed by atoms with Crippen molar-refractivity contribution in [3.63, 3.8) is 0 Å². The van der Waals surface area contributed by atoms with Crippen LogP contribution in [0, 0.1) is 12.7 Å². The van der Waals surface area contributed by atoms with Crippen LogP contribution < -0.4 is 9.62 Å². The molecule has 0 aliphatic heterocycles. The number of halogens is 1. The van der Waals surface area contributed by atoms with Crippen molar-refractivity contribution in [3.8, 4) is 0 Å². The molecule has 2 aromatic rings. The predicted molar refractivity (Wildman–Crippen MR) is 106 cm³/mol. The molecule has 2 rings (SSSR count). The van der Waals surface area contributed by atoms with E-state index in [4.69, 9.17) is 0 Å². The zero-order valence-electron chi connectivity index (χ0n) is 15.9. The summed E-state index contributed by atoms with van der Waals surface area (Å²) in [4.78, 5) is 12.8. The Morgan fingerprint density at radius 2 is 1.81 bits per heavy atom. The van der Waals surface area contributed by atoms with Gasteiger partial charge in [-0.1, -0.05) is 42.8 Å². The minimum Gasteiger partial charge on any atom is -0.347 e. The zero-order valence-corrected chi connectivity index (χ0v) is 16.8. The van der Waals surface area contributed by atoms with Crippen molar-refractivity contribution >= 4 is 21.6 Å². The molecule has 0 fully saturated rings. The Balaban J connectivity index is 2.27. The fourth-order valence-electron chi connectivity index (χ4n) is 2.93. The summed E-state index contributed by atoms with van der Waals surface area (Å²) < 4.78 is 39.1. The van der Waals surface area contributed by atoms with E-state index in [2.05, 4.69) is 5.32 Å². The molecule has 0 unspecified atom stereocenters. The van der Waals surface area contributed by atoms with Crippen LogP contribution in [0.5, 0.6) is 0 Å². The van der Waals surface area contributed by atoms with E-state index in [0.29, 0.717) is 6.42 Å². The lowest BCUT2D eigenvalue weighted by Crippen LogP contribution is -2.48. The van der Waals surface area contributed by atoms with E-state index in [9.17, 15) is 17.6 Å². The minimum absolute atomic E-state index is 0.114. The Labute approximate surface area is 160 Å². The molecular weight excluding hydrogens is 367 g/mol.